The van der Waals surface area contributed by atoms with Crippen LogP contribution in [-0.4, -0.2) is 17.1 Å². The minimum atomic E-state index is 0.308. The van der Waals surface area contributed by atoms with Crippen LogP contribution in [0.15, 0.2) is 24.3 Å². The van der Waals surface area contributed by atoms with E-state index in [1.54, 1.807) is 13.2 Å². The highest BCUT2D eigenvalue weighted by Gasteiger charge is 2.08. The van der Waals surface area contributed by atoms with E-state index in [1.807, 2.05) is 25.1 Å². The molecule has 0 bridgehead atoms. The van der Waals surface area contributed by atoms with Crippen molar-refractivity contribution in [3.63, 3.8) is 0 Å². The largest absolute Gasteiger partial charge is 0.497 e. The Hall–Kier alpha value is -1.65. The van der Waals surface area contributed by atoms with E-state index in [2.05, 4.69) is 9.97 Å². The van der Waals surface area contributed by atoms with Crippen molar-refractivity contribution in [2.75, 3.05) is 7.11 Å². The Morgan fingerprint density at radius 3 is 2.67 bits per heavy atom. The molecule has 1 aromatic carbocycles. The van der Waals surface area contributed by atoms with Crippen molar-refractivity contribution in [2.24, 2.45) is 5.73 Å². The van der Waals surface area contributed by atoms with Gasteiger partial charge in [-0.25, -0.2) is 9.97 Å². The average Bonchev–Trinajstić information content (AvgIpc) is 2.37. The second-order valence-electron chi connectivity index (χ2n) is 3.86. The second kappa shape index (κ2) is 5.33. The van der Waals surface area contributed by atoms with Gasteiger partial charge in [0, 0.05) is 11.3 Å². The number of nitrogens with zero attached hydrogens (tertiary/aromatic N) is 2. The van der Waals surface area contributed by atoms with Gasteiger partial charge in [0.2, 0.25) is 0 Å². The zero-order chi connectivity index (χ0) is 13.1. The number of methoxy groups -OCH3 is 1. The maximum absolute atomic E-state index is 6.22. The summed E-state index contributed by atoms with van der Waals surface area (Å²) < 4.78 is 5.12. The molecule has 18 heavy (non-hydrogen) atoms. The summed E-state index contributed by atoms with van der Waals surface area (Å²) in [6, 6.07) is 7.37. The summed E-state index contributed by atoms with van der Waals surface area (Å²) in [4.78, 5) is 8.61. The van der Waals surface area contributed by atoms with Crippen LogP contribution >= 0.6 is 11.6 Å². The van der Waals surface area contributed by atoms with Gasteiger partial charge in [-0.05, 0) is 31.2 Å². The van der Waals surface area contributed by atoms with Crippen molar-refractivity contribution in [3.05, 3.63) is 40.8 Å². The zero-order valence-electron chi connectivity index (χ0n) is 10.3. The molecule has 94 valence electrons. The summed E-state index contributed by atoms with van der Waals surface area (Å²) in [5, 5.41) is 0.593. The topological polar surface area (TPSA) is 61.0 Å². The quantitative estimate of drug-likeness (QED) is 0.925. The third-order valence-electron chi connectivity index (χ3n) is 2.54. The molecule has 1 heterocycles. The monoisotopic (exact) mass is 263 g/mol. The maximum atomic E-state index is 6.22. The smallest absolute Gasteiger partial charge is 0.142 e. The Labute approximate surface area is 111 Å². The molecule has 4 nitrogen and oxygen atoms in total. The molecule has 5 heteroatoms. The summed E-state index contributed by atoms with van der Waals surface area (Å²) >= 11 is 6.22. The van der Waals surface area contributed by atoms with Crippen LogP contribution in [0.5, 0.6) is 5.75 Å². The first-order chi connectivity index (χ1) is 8.63. The van der Waals surface area contributed by atoms with E-state index >= 15 is 0 Å². The van der Waals surface area contributed by atoms with Crippen LogP contribution in [0.3, 0.4) is 0 Å². The molecule has 0 saturated heterocycles. The maximum Gasteiger partial charge on any atom is 0.142 e. The summed E-state index contributed by atoms with van der Waals surface area (Å²) in [5.74, 6) is 1.32. The Kier molecular flexibility index (Phi) is 3.79. The molecule has 0 saturated carbocycles. The van der Waals surface area contributed by atoms with Gasteiger partial charge < -0.3 is 10.5 Å². The lowest BCUT2D eigenvalue weighted by Gasteiger charge is -2.08. The van der Waals surface area contributed by atoms with Gasteiger partial charge in [0.05, 0.1) is 24.4 Å². The molecule has 0 aliphatic heterocycles. The van der Waals surface area contributed by atoms with E-state index in [0.29, 0.717) is 23.1 Å². The van der Waals surface area contributed by atoms with Gasteiger partial charge >= 0.3 is 0 Å². The summed E-state index contributed by atoms with van der Waals surface area (Å²) in [5.41, 5.74) is 8.06. The lowest BCUT2D eigenvalue weighted by atomic mass is 10.1. The first kappa shape index (κ1) is 12.8. The van der Waals surface area contributed by atoms with Gasteiger partial charge in [0.25, 0.3) is 0 Å². The molecule has 2 rings (SSSR count). The highest BCUT2D eigenvalue weighted by molar-refractivity contribution is 6.33. The molecular weight excluding hydrogens is 250 g/mol. The molecule has 0 unspecified atom stereocenters. The Morgan fingerprint density at radius 1 is 1.28 bits per heavy atom. The van der Waals surface area contributed by atoms with Crippen LogP contribution in [-0.2, 0) is 6.54 Å². The minimum Gasteiger partial charge on any atom is -0.497 e. The minimum absolute atomic E-state index is 0.308. The van der Waals surface area contributed by atoms with Gasteiger partial charge in [-0.3, -0.25) is 0 Å². The van der Waals surface area contributed by atoms with Crippen LogP contribution in [0.4, 0.5) is 0 Å². The zero-order valence-corrected chi connectivity index (χ0v) is 11.0. The van der Waals surface area contributed by atoms with E-state index < -0.39 is 0 Å². The lowest BCUT2D eigenvalue weighted by Crippen LogP contribution is -2.05. The number of hydrogen-bond donors (Lipinski definition) is 1. The van der Waals surface area contributed by atoms with Gasteiger partial charge in [-0.2, -0.15) is 0 Å². The Balaban J connectivity index is 2.51. The van der Waals surface area contributed by atoms with Crippen molar-refractivity contribution in [1.29, 1.82) is 0 Å². The highest BCUT2D eigenvalue weighted by Crippen LogP contribution is 2.30. The third-order valence-corrected chi connectivity index (χ3v) is 2.85. The second-order valence-corrected chi connectivity index (χ2v) is 4.27. The van der Waals surface area contributed by atoms with Crippen molar-refractivity contribution < 1.29 is 4.74 Å². The fraction of sp³-hybridized carbons (Fsp3) is 0.231. The van der Waals surface area contributed by atoms with E-state index in [1.165, 1.54) is 0 Å². The number of rotatable bonds is 3. The number of benzene rings is 1. The predicted molar refractivity (Wildman–Crippen MR) is 71.7 cm³/mol. The standard InChI is InChI=1S/C13H14ClN3O/c1-8-5-12(17-13(7-15)16-8)10-4-3-9(18-2)6-11(10)14/h3-6H,7,15H2,1-2H3. The van der Waals surface area contributed by atoms with Crippen molar-refractivity contribution in [2.45, 2.75) is 13.5 Å². The Bertz CT molecular complexity index is 572. The molecule has 0 radical (unpaired) electrons. The third kappa shape index (κ3) is 2.60. The summed E-state index contributed by atoms with van der Waals surface area (Å²) in [6.07, 6.45) is 0. The average molecular weight is 264 g/mol. The van der Waals surface area contributed by atoms with Crippen LogP contribution in [0.1, 0.15) is 11.5 Å². The van der Waals surface area contributed by atoms with Crippen LogP contribution < -0.4 is 10.5 Å². The first-order valence-electron chi connectivity index (χ1n) is 5.52. The highest BCUT2D eigenvalue weighted by atomic mass is 35.5. The first-order valence-corrected chi connectivity index (χ1v) is 5.90. The molecular formula is C13H14ClN3O. The van der Waals surface area contributed by atoms with Gasteiger partial charge in [0.1, 0.15) is 11.6 Å². The van der Waals surface area contributed by atoms with Gasteiger partial charge in [-0.15, -0.1) is 0 Å². The van der Waals surface area contributed by atoms with E-state index in [4.69, 9.17) is 22.1 Å². The van der Waals surface area contributed by atoms with Crippen molar-refractivity contribution in [3.8, 4) is 17.0 Å². The normalized spacial score (nSPS) is 10.4. The summed E-state index contributed by atoms with van der Waals surface area (Å²) in [6.45, 7) is 2.21. The van der Waals surface area contributed by atoms with Crippen molar-refractivity contribution in [1.82, 2.24) is 9.97 Å². The number of halogens is 1. The van der Waals surface area contributed by atoms with Crippen molar-refractivity contribution >= 4 is 11.6 Å². The molecule has 0 spiro atoms. The SMILES string of the molecule is COc1ccc(-c2cc(C)nc(CN)n2)c(Cl)c1. The van der Waals surface area contributed by atoms with Crippen LogP contribution in [0.25, 0.3) is 11.3 Å². The number of hydrogen-bond acceptors (Lipinski definition) is 4. The lowest BCUT2D eigenvalue weighted by molar-refractivity contribution is 0.415. The summed E-state index contributed by atoms with van der Waals surface area (Å²) in [7, 11) is 1.60. The van der Waals surface area contributed by atoms with Crippen LogP contribution in [0.2, 0.25) is 5.02 Å². The Morgan fingerprint density at radius 2 is 2.06 bits per heavy atom. The molecule has 0 aliphatic carbocycles. The number of ether oxygens (including phenoxy) is 1. The van der Waals surface area contributed by atoms with E-state index in [-0.39, 0.29) is 0 Å². The van der Waals surface area contributed by atoms with E-state index in [0.717, 1.165) is 17.0 Å². The number of aromatic nitrogens is 2. The van der Waals surface area contributed by atoms with Gasteiger partial charge in [-0.1, -0.05) is 11.6 Å². The molecule has 0 fully saturated rings. The van der Waals surface area contributed by atoms with Crippen LogP contribution in [0, 0.1) is 6.92 Å². The molecule has 0 aliphatic rings. The number of aryl methyl sites for hydroxylation is 1. The fourth-order valence-corrected chi connectivity index (χ4v) is 1.96. The fourth-order valence-electron chi connectivity index (χ4n) is 1.69. The molecule has 2 N–H and O–H groups in total. The van der Waals surface area contributed by atoms with Gasteiger partial charge in [0.15, 0.2) is 0 Å². The predicted octanol–water partition coefficient (Wildman–Crippen LogP) is 2.57. The molecule has 1 aromatic heterocycles. The molecule has 2 aromatic rings. The molecule has 0 amide bonds. The van der Waals surface area contributed by atoms with E-state index in [9.17, 15) is 0 Å². The number of nitrogens with two attached hydrogens (primary N) is 1. The molecule has 0 atom stereocenters.